The summed E-state index contributed by atoms with van der Waals surface area (Å²) in [6.07, 6.45) is -4.36. The highest BCUT2D eigenvalue weighted by Gasteiger charge is 2.27. The minimum atomic E-state index is -4.36. The zero-order chi connectivity index (χ0) is 12.7. The summed E-state index contributed by atoms with van der Waals surface area (Å²) in [6.45, 7) is 1.70. The summed E-state index contributed by atoms with van der Waals surface area (Å²) in [5.74, 6) is 2.14. The molecule has 1 heterocycles. The fourth-order valence-corrected chi connectivity index (χ4v) is 2.37. The molecule has 2 N–H and O–H groups in total. The average molecular weight is 271 g/mol. The van der Waals surface area contributed by atoms with E-state index in [4.69, 9.17) is 0 Å². The van der Waals surface area contributed by atoms with Crippen molar-refractivity contribution in [3.63, 3.8) is 0 Å². The quantitative estimate of drug-likeness (QED) is 0.798. The SMILES string of the molecule is O=C(NCCN1CCSCC1)NCC(F)(F)F. The van der Waals surface area contributed by atoms with Gasteiger partial charge in [0.15, 0.2) is 0 Å². The van der Waals surface area contributed by atoms with Gasteiger partial charge in [-0.3, -0.25) is 4.90 Å². The molecule has 0 aliphatic carbocycles. The number of nitrogens with one attached hydrogen (secondary N) is 2. The van der Waals surface area contributed by atoms with Crippen LogP contribution in [0.15, 0.2) is 0 Å². The highest BCUT2D eigenvalue weighted by atomic mass is 32.2. The Morgan fingerprint density at radius 3 is 2.47 bits per heavy atom. The van der Waals surface area contributed by atoms with E-state index >= 15 is 0 Å². The Hall–Kier alpha value is -0.630. The van der Waals surface area contributed by atoms with Crippen LogP contribution in [0, 0.1) is 0 Å². The van der Waals surface area contributed by atoms with E-state index in [1.807, 2.05) is 11.8 Å². The zero-order valence-corrected chi connectivity index (χ0v) is 10.2. The topological polar surface area (TPSA) is 44.4 Å². The Balaban J connectivity index is 2.03. The molecule has 0 bridgehead atoms. The monoisotopic (exact) mass is 271 g/mol. The average Bonchev–Trinajstić information content (AvgIpc) is 2.27. The Bertz CT molecular complexity index is 244. The first-order valence-electron chi connectivity index (χ1n) is 5.36. The van der Waals surface area contributed by atoms with Crippen molar-refractivity contribution in [3.8, 4) is 0 Å². The Labute approximate surface area is 102 Å². The molecule has 8 heteroatoms. The van der Waals surface area contributed by atoms with E-state index in [0.29, 0.717) is 13.1 Å². The van der Waals surface area contributed by atoms with Gasteiger partial charge in [-0.2, -0.15) is 24.9 Å². The molecule has 0 aromatic rings. The number of hydrogen-bond donors (Lipinski definition) is 2. The van der Waals surface area contributed by atoms with Crippen LogP contribution in [0.3, 0.4) is 0 Å². The van der Waals surface area contributed by atoms with Crippen LogP contribution in [-0.2, 0) is 0 Å². The summed E-state index contributed by atoms with van der Waals surface area (Å²) in [4.78, 5) is 13.2. The van der Waals surface area contributed by atoms with Gasteiger partial charge >= 0.3 is 12.2 Å². The van der Waals surface area contributed by atoms with Gasteiger partial charge in [0, 0.05) is 37.7 Å². The molecule has 0 atom stereocenters. The first-order valence-corrected chi connectivity index (χ1v) is 6.51. The molecule has 0 spiro atoms. The molecule has 2 amide bonds. The van der Waals surface area contributed by atoms with Gasteiger partial charge in [0.25, 0.3) is 0 Å². The van der Waals surface area contributed by atoms with Crippen LogP contribution in [0.4, 0.5) is 18.0 Å². The van der Waals surface area contributed by atoms with Gasteiger partial charge in [0.2, 0.25) is 0 Å². The van der Waals surface area contributed by atoms with E-state index in [2.05, 4.69) is 10.2 Å². The van der Waals surface area contributed by atoms with Crippen molar-refractivity contribution in [2.75, 3.05) is 44.2 Å². The van der Waals surface area contributed by atoms with E-state index < -0.39 is 18.8 Å². The van der Waals surface area contributed by atoms with Gasteiger partial charge in [-0.25, -0.2) is 4.79 Å². The number of rotatable bonds is 4. The van der Waals surface area contributed by atoms with Crippen LogP contribution in [0.1, 0.15) is 0 Å². The first-order chi connectivity index (χ1) is 7.97. The standard InChI is InChI=1S/C9H16F3N3OS/c10-9(11,12)7-14-8(16)13-1-2-15-3-5-17-6-4-15/h1-7H2,(H2,13,14,16). The van der Waals surface area contributed by atoms with Gasteiger partial charge in [0.05, 0.1) is 0 Å². The van der Waals surface area contributed by atoms with Gasteiger partial charge in [-0.15, -0.1) is 0 Å². The fraction of sp³-hybridized carbons (Fsp3) is 0.889. The lowest BCUT2D eigenvalue weighted by atomic mass is 10.4. The molecule has 100 valence electrons. The van der Waals surface area contributed by atoms with E-state index in [1.54, 1.807) is 5.32 Å². The van der Waals surface area contributed by atoms with Gasteiger partial charge in [-0.05, 0) is 0 Å². The van der Waals surface area contributed by atoms with Crippen LogP contribution >= 0.6 is 11.8 Å². The molecule has 4 nitrogen and oxygen atoms in total. The lowest BCUT2D eigenvalue weighted by Gasteiger charge is -2.26. The van der Waals surface area contributed by atoms with Crippen LogP contribution in [0.25, 0.3) is 0 Å². The third-order valence-corrected chi connectivity index (χ3v) is 3.21. The van der Waals surface area contributed by atoms with Crippen molar-refractivity contribution in [3.05, 3.63) is 0 Å². The molecular weight excluding hydrogens is 255 g/mol. The van der Waals surface area contributed by atoms with Crippen LogP contribution < -0.4 is 10.6 Å². The molecule has 1 aliphatic rings. The zero-order valence-electron chi connectivity index (χ0n) is 9.35. The number of nitrogens with zero attached hydrogens (tertiary/aromatic N) is 1. The van der Waals surface area contributed by atoms with Gasteiger partial charge in [-0.1, -0.05) is 0 Å². The summed E-state index contributed by atoms with van der Waals surface area (Å²) in [5.41, 5.74) is 0. The number of carbonyl (C=O) groups excluding carboxylic acids is 1. The van der Waals surface area contributed by atoms with Crippen LogP contribution in [0.5, 0.6) is 0 Å². The molecule has 1 rings (SSSR count). The van der Waals surface area contributed by atoms with Gasteiger partial charge < -0.3 is 10.6 Å². The molecule has 0 aromatic carbocycles. The Kier molecular flexibility index (Phi) is 5.90. The maximum Gasteiger partial charge on any atom is 0.405 e. The number of halogens is 3. The number of amides is 2. The number of urea groups is 1. The molecule has 0 saturated carbocycles. The summed E-state index contributed by atoms with van der Waals surface area (Å²) >= 11 is 1.88. The van der Waals surface area contributed by atoms with E-state index in [1.165, 1.54) is 0 Å². The molecule has 0 unspecified atom stereocenters. The minimum Gasteiger partial charge on any atom is -0.337 e. The van der Waals surface area contributed by atoms with Crippen molar-refractivity contribution in [2.24, 2.45) is 0 Å². The Morgan fingerprint density at radius 1 is 1.24 bits per heavy atom. The highest BCUT2D eigenvalue weighted by molar-refractivity contribution is 7.99. The van der Waals surface area contributed by atoms with Gasteiger partial charge in [0.1, 0.15) is 6.54 Å². The van der Waals surface area contributed by atoms with Crippen LogP contribution in [-0.4, -0.2) is 61.3 Å². The second-order valence-corrected chi connectivity index (χ2v) is 4.90. The minimum absolute atomic E-state index is 0.369. The first kappa shape index (κ1) is 14.4. The van der Waals surface area contributed by atoms with Crippen molar-refractivity contribution in [1.82, 2.24) is 15.5 Å². The summed E-state index contributed by atoms with van der Waals surface area (Å²) in [7, 11) is 0. The largest absolute Gasteiger partial charge is 0.405 e. The van der Waals surface area contributed by atoms with Crippen molar-refractivity contribution in [2.45, 2.75) is 6.18 Å². The van der Waals surface area contributed by atoms with Crippen molar-refractivity contribution >= 4 is 17.8 Å². The number of carbonyl (C=O) groups is 1. The third-order valence-electron chi connectivity index (χ3n) is 2.27. The predicted molar refractivity (Wildman–Crippen MR) is 61.2 cm³/mol. The lowest BCUT2D eigenvalue weighted by molar-refractivity contribution is -0.122. The maximum atomic E-state index is 11.8. The number of hydrogen-bond acceptors (Lipinski definition) is 3. The predicted octanol–water partition coefficient (Wildman–Crippen LogP) is 0.897. The molecule has 17 heavy (non-hydrogen) atoms. The summed E-state index contributed by atoms with van der Waals surface area (Å²) < 4.78 is 35.3. The van der Waals surface area contributed by atoms with Crippen LogP contribution in [0.2, 0.25) is 0 Å². The second kappa shape index (κ2) is 6.95. The Morgan fingerprint density at radius 2 is 1.88 bits per heavy atom. The highest BCUT2D eigenvalue weighted by Crippen LogP contribution is 2.11. The van der Waals surface area contributed by atoms with E-state index in [9.17, 15) is 18.0 Å². The van der Waals surface area contributed by atoms with Crippen molar-refractivity contribution < 1.29 is 18.0 Å². The molecule has 0 radical (unpaired) electrons. The second-order valence-electron chi connectivity index (χ2n) is 3.68. The molecule has 1 aliphatic heterocycles. The summed E-state index contributed by atoms with van der Waals surface area (Å²) in [6, 6.07) is -0.770. The smallest absolute Gasteiger partial charge is 0.337 e. The molecular formula is C9H16F3N3OS. The maximum absolute atomic E-state index is 11.8. The lowest BCUT2D eigenvalue weighted by Crippen LogP contribution is -2.44. The normalized spacial score (nSPS) is 17.8. The number of thioether (sulfide) groups is 1. The number of alkyl halides is 3. The van der Waals surface area contributed by atoms with E-state index in [0.717, 1.165) is 24.6 Å². The summed E-state index contributed by atoms with van der Waals surface area (Å²) in [5, 5.41) is 4.17. The molecule has 1 saturated heterocycles. The molecule has 1 fully saturated rings. The third kappa shape index (κ3) is 7.32. The fourth-order valence-electron chi connectivity index (χ4n) is 1.40. The molecule has 0 aromatic heterocycles. The van der Waals surface area contributed by atoms with E-state index in [-0.39, 0.29) is 0 Å². The van der Waals surface area contributed by atoms with Crippen molar-refractivity contribution in [1.29, 1.82) is 0 Å².